The molecule has 1 saturated heterocycles. The van der Waals surface area contributed by atoms with Gasteiger partial charge in [-0.3, -0.25) is 4.79 Å². The van der Waals surface area contributed by atoms with Crippen LogP contribution in [0.4, 0.5) is 0 Å². The lowest BCUT2D eigenvalue weighted by Crippen LogP contribution is -2.43. The monoisotopic (exact) mass is 382 g/mol. The predicted octanol–water partition coefficient (Wildman–Crippen LogP) is 3.64. The molecule has 27 heavy (non-hydrogen) atoms. The molecule has 6 nitrogen and oxygen atoms in total. The van der Waals surface area contributed by atoms with Gasteiger partial charge >= 0.3 is 0 Å². The Bertz CT molecular complexity index is 890. The van der Waals surface area contributed by atoms with Crippen LogP contribution in [0.5, 0.6) is 0 Å². The Balaban J connectivity index is 1.66. The highest BCUT2D eigenvalue weighted by Crippen LogP contribution is 2.26. The highest BCUT2D eigenvalue weighted by Gasteiger charge is 2.28. The minimum atomic E-state index is -0.133. The number of para-hydroxylation sites is 1. The van der Waals surface area contributed by atoms with Gasteiger partial charge in [-0.15, -0.1) is 16.4 Å². The number of aromatic nitrogens is 3. The number of ether oxygens (including phenoxy) is 1. The SMILES string of the molecule is CCOC1CCCN(C(=O)c2nc(-c3cccs3)n(-c3ccccc3)n2)C1. The van der Waals surface area contributed by atoms with E-state index in [2.05, 4.69) is 10.1 Å². The molecule has 2 aromatic heterocycles. The van der Waals surface area contributed by atoms with Crippen molar-refractivity contribution in [2.75, 3.05) is 19.7 Å². The van der Waals surface area contributed by atoms with Gasteiger partial charge in [-0.05, 0) is 43.3 Å². The van der Waals surface area contributed by atoms with E-state index in [1.807, 2.05) is 59.7 Å². The average Bonchev–Trinajstić information content (AvgIpc) is 3.38. The summed E-state index contributed by atoms with van der Waals surface area (Å²) >= 11 is 1.58. The van der Waals surface area contributed by atoms with E-state index < -0.39 is 0 Å². The van der Waals surface area contributed by atoms with Gasteiger partial charge in [0.05, 0.1) is 16.7 Å². The molecule has 4 rings (SSSR count). The molecule has 1 aromatic carbocycles. The minimum absolute atomic E-state index is 0.0978. The Morgan fingerprint density at radius 1 is 1.26 bits per heavy atom. The lowest BCUT2D eigenvalue weighted by atomic mass is 10.1. The summed E-state index contributed by atoms with van der Waals surface area (Å²) in [4.78, 5) is 20.5. The molecule has 0 bridgehead atoms. The largest absolute Gasteiger partial charge is 0.377 e. The zero-order chi connectivity index (χ0) is 18.6. The second-order valence-corrected chi connectivity index (χ2v) is 7.40. The average molecular weight is 382 g/mol. The number of rotatable bonds is 5. The first-order valence-corrected chi connectivity index (χ1v) is 10.1. The van der Waals surface area contributed by atoms with Crippen molar-refractivity contribution < 1.29 is 9.53 Å². The number of thiophene rings is 1. The van der Waals surface area contributed by atoms with Gasteiger partial charge in [0.1, 0.15) is 0 Å². The third-order valence-corrected chi connectivity index (χ3v) is 5.47. The van der Waals surface area contributed by atoms with Gasteiger partial charge in [0, 0.05) is 19.7 Å². The first kappa shape index (κ1) is 17.9. The van der Waals surface area contributed by atoms with Crippen molar-refractivity contribution in [3.8, 4) is 16.4 Å². The fourth-order valence-corrected chi connectivity index (χ4v) is 4.05. The van der Waals surface area contributed by atoms with Crippen LogP contribution in [0.1, 0.15) is 30.4 Å². The summed E-state index contributed by atoms with van der Waals surface area (Å²) in [6, 6.07) is 13.8. The van der Waals surface area contributed by atoms with Crippen LogP contribution in [0.15, 0.2) is 47.8 Å². The molecule has 0 saturated carbocycles. The van der Waals surface area contributed by atoms with E-state index in [-0.39, 0.29) is 17.8 Å². The number of hydrogen-bond acceptors (Lipinski definition) is 5. The Morgan fingerprint density at radius 2 is 2.11 bits per heavy atom. The van der Waals surface area contributed by atoms with E-state index in [0.29, 0.717) is 19.0 Å². The summed E-state index contributed by atoms with van der Waals surface area (Å²) in [5.41, 5.74) is 0.887. The van der Waals surface area contributed by atoms with Crippen LogP contribution in [0.2, 0.25) is 0 Å². The van der Waals surface area contributed by atoms with Crippen molar-refractivity contribution in [1.82, 2.24) is 19.7 Å². The van der Waals surface area contributed by atoms with Crippen LogP contribution in [0.3, 0.4) is 0 Å². The topological polar surface area (TPSA) is 60.2 Å². The molecule has 0 radical (unpaired) electrons. The molecule has 1 fully saturated rings. The lowest BCUT2D eigenvalue weighted by Gasteiger charge is -2.31. The molecule has 3 heterocycles. The molecule has 140 valence electrons. The molecule has 0 aliphatic carbocycles. The van der Waals surface area contributed by atoms with Crippen LogP contribution in [0, 0.1) is 0 Å². The number of nitrogens with zero attached hydrogens (tertiary/aromatic N) is 4. The second kappa shape index (κ2) is 8.02. The normalized spacial score (nSPS) is 17.2. The highest BCUT2D eigenvalue weighted by atomic mass is 32.1. The molecule has 1 aliphatic rings. The lowest BCUT2D eigenvalue weighted by molar-refractivity contribution is 0.00681. The van der Waals surface area contributed by atoms with Crippen LogP contribution in [-0.4, -0.2) is 51.4 Å². The first-order chi connectivity index (χ1) is 13.3. The van der Waals surface area contributed by atoms with Crippen molar-refractivity contribution in [2.24, 2.45) is 0 Å². The number of benzene rings is 1. The van der Waals surface area contributed by atoms with Crippen molar-refractivity contribution in [3.63, 3.8) is 0 Å². The van der Waals surface area contributed by atoms with Gasteiger partial charge in [0.2, 0.25) is 5.82 Å². The van der Waals surface area contributed by atoms with Gasteiger partial charge in [-0.1, -0.05) is 24.3 Å². The van der Waals surface area contributed by atoms with Crippen molar-refractivity contribution in [1.29, 1.82) is 0 Å². The summed E-state index contributed by atoms with van der Waals surface area (Å²) in [6.45, 7) is 3.96. The Morgan fingerprint density at radius 3 is 2.85 bits per heavy atom. The van der Waals surface area contributed by atoms with Crippen LogP contribution >= 0.6 is 11.3 Å². The molecular weight excluding hydrogens is 360 g/mol. The fraction of sp³-hybridized carbons (Fsp3) is 0.350. The maximum atomic E-state index is 13.1. The van der Waals surface area contributed by atoms with Gasteiger partial charge in [-0.2, -0.15) is 0 Å². The summed E-state index contributed by atoms with van der Waals surface area (Å²) < 4.78 is 7.47. The first-order valence-electron chi connectivity index (χ1n) is 9.23. The van der Waals surface area contributed by atoms with E-state index in [1.54, 1.807) is 16.0 Å². The zero-order valence-electron chi connectivity index (χ0n) is 15.2. The third-order valence-electron chi connectivity index (χ3n) is 4.61. The van der Waals surface area contributed by atoms with Crippen molar-refractivity contribution in [2.45, 2.75) is 25.9 Å². The van der Waals surface area contributed by atoms with E-state index in [0.717, 1.165) is 30.0 Å². The Hall–Kier alpha value is -2.51. The molecular formula is C20H22N4O2S. The highest BCUT2D eigenvalue weighted by molar-refractivity contribution is 7.13. The molecule has 1 amide bonds. The smallest absolute Gasteiger partial charge is 0.293 e. The van der Waals surface area contributed by atoms with Gasteiger partial charge in [0.25, 0.3) is 5.91 Å². The number of carbonyl (C=O) groups is 1. The van der Waals surface area contributed by atoms with Gasteiger partial charge in [0.15, 0.2) is 5.82 Å². The van der Waals surface area contributed by atoms with Crippen LogP contribution in [0.25, 0.3) is 16.4 Å². The number of amides is 1. The fourth-order valence-electron chi connectivity index (χ4n) is 3.35. The Kier molecular flexibility index (Phi) is 5.31. The quantitative estimate of drug-likeness (QED) is 0.676. The van der Waals surface area contributed by atoms with E-state index >= 15 is 0 Å². The van der Waals surface area contributed by atoms with E-state index in [4.69, 9.17) is 4.74 Å². The third kappa shape index (κ3) is 3.79. The maximum Gasteiger partial charge on any atom is 0.293 e. The van der Waals surface area contributed by atoms with Crippen LogP contribution in [-0.2, 0) is 4.74 Å². The van der Waals surface area contributed by atoms with E-state index in [1.165, 1.54) is 0 Å². The molecule has 3 aromatic rings. The van der Waals surface area contributed by atoms with Crippen molar-refractivity contribution in [3.05, 3.63) is 53.7 Å². The maximum absolute atomic E-state index is 13.1. The van der Waals surface area contributed by atoms with Crippen molar-refractivity contribution >= 4 is 17.2 Å². The number of hydrogen-bond donors (Lipinski definition) is 0. The number of likely N-dealkylation sites (tertiary alicyclic amines) is 1. The summed E-state index contributed by atoms with van der Waals surface area (Å²) in [7, 11) is 0. The van der Waals surface area contributed by atoms with Gasteiger partial charge < -0.3 is 9.64 Å². The molecule has 7 heteroatoms. The molecule has 1 unspecified atom stereocenters. The van der Waals surface area contributed by atoms with E-state index in [9.17, 15) is 4.79 Å². The molecule has 1 atom stereocenters. The summed E-state index contributed by atoms with van der Waals surface area (Å²) in [5, 5.41) is 6.56. The van der Waals surface area contributed by atoms with Crippen LogP contribution < -0.4 is 0 Å². The zero-order valence-corrected chi connectivity index (χ0v) is 16.1. The second-order valence-electron chi connectivity index (χ2n) is 6.45. The standard InChI is InChI=1S/C20H22N4O2S/c1-2-26-16-10-6-12-23(14-16)20(25)18-21-19(17-11-7-13-27-17)24(22-18)15-8-4-3-5-9-15/h3-5,7-9,11,13,16H,2,6,10,12,14H2,1H3. The summed E-state index contributed by atoms with van der Waals surface area (Å²) in [6.07, 6.45) is 2.03. The van der Waals surface area contributed by atoms with Gasteiger partial charge in [-0.25, -0.2) is 9.67 Å². The molecule has 1 aliphatic heterocycles. The molecule has 0 spiro atoms. The minimum Gasteiger partial charge on any atom is -0.377 e. The number of carbonyl (C=O) groups excluding carboxylic acids is 1. The Labute approximate surface area is 162 Å². The molecule has 0 N–H and O–H groups in total. The summed E-state index contributed by atoms with van der Waals surface area (Å²) in [5.74, 6) is 0.796. The number of piperidine rings is 1. The predicted molar refractivity (Wildman–Crippen MR) is 105 cm³/mol.